The summed E-state index contributed by atoms with van der Waals surface area (Å²) in [5.74, 6) is 0.839. The van der Waals surface area contributed by atoms with Crippen molar-refractivity contribution < 1.29 is 0 Å². The van der Waals surface area contributed by atoms with Crippen molar-refractivity contribution in [1.82, 2.24) is 9.55 Å². The summed E-state index contributed by atoms with van der Waals surface area (Å²) in [4.78, 5) is 4.41. The summed E-state index contributed by atoms with van der Waals surface area (Å²) < 4.78 is 2.79. The van der Waals surface area contributed by atoms with Crippen LogP contribution >= 0.6 is 15.9 Å². The summed E-state index contributed by atoms with van der Waals surface area (Å²) in [7, 11) is 1.85. The van der Waals surface area contributed by atoms with Crippen LogP contribution < -0.4 is 0 Å². The zero-order chi connectivity index (χ0) is 11.7. The number of benzene rings is 1. The molecule has 2 rings (SSSR count). The first kappa shape index (κ1) is 10.9. The molecule has 0 N–H and O–H groups in total. The van der Waals surface area contributed by atoms with Crippen molar-refractivity contribution in [3.8, 4) is 17.3 Å². The Kier molecular flexibility index (Phi) is 2.80. The van der Waals surface area contributed by atoms with Crippen molar-refractivity contribution in [3.63, 3.8) is 0 Å². The van der Waals surface area contributed by atoms with Crippen LogP contribution in [0.4, 0.5) is 0 Å². The molecule has 16 heavy (non-hydrogen) atoms. The zero-order valence-corrected chi connectivity index (χ0v) is 10.6. The number of nitrogens with zero attached hydrogens (tertiary/aromatic N) is 3. The molecule has 1 heterocycles. The normalized spacial score (nSPS) is 10.1. The molecule has 0 spiro atoms. The number of hydrogen-bond acceptors (Lipinski definition) is 2. The van der Waals surface area contributed by atoms with Gasteiger partial charge in [-0.25, -0.2) is 4.98 Å². The van der Waals surface area contributed by atoms with Crippen molar-refractivity contribution in [3.05, 3.63) is 40.3 Å². The second-order valence-electron chi connectivity index (χ2n) is 3.54. The number of aryl methyl sites for hydroxylation is 1. The van der Waals surface area contributed by atoms with Crippen molar-refractivity contribution in [2.45, 2.75) is 6.92 Å². The summed E-state index contributed by atoms with van der Waals surface area (Å²) in [5, 5.41) is 9.12. The Labute approximate surface area is 102 Å². The maximum atomic E-state index is 9.12. The van der Waals surface area contributed by atoms with Crippen LogP contribution in [0.5, 0.6) is 0 Å². The smallest absolute Gasteiger partial charge is 0.147 e. The van der Waals surface area contributed by atoms with Crippen molar-refractivity contribution >= 4 is 15.9 Å². The fourth-order valence-corrected chi connectivity index (χ4v) is 1.97. The van der Waals surface area contributed by atoms with E-state index in [9.17, 15) is 0 Å². The molecule has 0 saturated heterocycles. The lowest BCUT2D eigenvalue weighted by Crippen LogP contribution is -1.94. The lowest BCUT2D eigenvalue weighted by Gasteiger charge is -1.99. The van der Waals surface area contributed by atoms with Gasteiger partial charge in [-0.3, -0.25) is 0 Å². The van der Waals surface area contributed by atoms with Crippen LogP contribution in [0.15, 0.2) is 28.7 Å². The van der Waals surface area contributed by atoms with Gasteiger partial charge in [0.1, 0.15) is 23.3 Å². The number of hydrogen-bond donors (Lipinski definition) is 0. The molecule has 0 unspecified atom stereocenters. The fourth-order valence-electron chi connectivity index (χ4n) is 1.58. The Morgan fingerprint density at radius 2 is 2.19 bits per heavy atom. The van der Waals surface area contributed by atoms with E-state index >= 15 is 0 Å². The van der Waals surface area contributed by atoms with Gasteiger partial charge in [0.05, 0.1) is 0 Å². The van der Waals surface area contributed by atoms with E-state index in [0.717, 1.165) is 21.6 Å². The topological polar surface area (TPSA) is 41.6 Å². The fraction of sp³-hybridized carbons (Fsp3) is 0.167. The van der Waals surface area contributed by atoms with Gasteiger partial charge in [-0.1, -0.05) is 28.1 Å². The highest BCUT2D eigenvalue weighted by Gasteiger charge is 2.13. The molecule has 0 atom stereocenters. The molecule has 1 aromatic heterocycles. The van der Waals surface area contributed by atoms with Gasteiger partial charge < -0.3 is 4.57 Å². The summed E-state index contributed by atoms with van der Waals surface area (Å²) in [6, 6.07) is 9.99. The first-order valence-electron chi connectivity index (χ1n) is 4.83. The molecule has 4 heteroatoms. The minimum atomic E-state index is 0.593. The second kappa shape index (κ2) is 4.11. The minimum absolute atomic E-state index is 0.593. The third kappa shape index (κ3) is 1.74. The van der Waals surface area contributed by atoms with Gasteiger partial charge in [-0.15, -0.1) is 0 Å². The van der Waals surface area contributed by atoms with E-state index in [1.807, 2.05) is 38.2 Å². The largest absolute Gasteiger partial charge is 0.323 e. The highest BCUT2D eigenvalue weighted by atomic mass is 79.9. The minimum Gasteiger partial charge on any atom is -0.323 e. The highest BCUT2D eigenvalue weighted by molar-refractivity contribution is 9.10. The highest BCUT2D eigenvalue weighted by Crippen LogP contribution is 2.25. The molecule has 1 aromatic carbocycles. The lowest BCUT2D eigenvalue weighted by atomic mass is 10.1. The van der Waals surface area contributed by atoms with Gasteiger partial charge in [0.15, 0.2) is 0 Å². The van der Waals surface area contributed by atoms with Crippen LogP contribution in [0.3, 0.4) is 0 Å². The number of halogens is 1. The molecule has 0 aliphatic heterocycles. The Balaban J connectivity index is 2.66. The second-order valence-corrected chi connectivity index (χ2v) is 4.45. The first-order valence-corrected chi connectivity index (χ1v) is 5.62. The van der Waals surface area contributed by atoms with Crippen LogP contribution in [0, 0.1) is 18.3 Å². The molecule has 2 aromatic rings. The van der Waals surface area contributed by atoms with Gasteiger partial charge in [0.25, 0.3) is 0 Å². The molecular weight excluding hydrogens is 266 g/mol. The molecule has 3 nitrogen and oxygen atoms in total. The molecule has 0 aliphatic carbocycles. The molecule has 0 amide bonds. The van der Waals surface area contributed by atoms with Crippen LogP contribution in [0.1, 0.15) is 11.5 Å². The maximum Gasteiger partial charge on any atom is 0.147 e. The number of rotatable bonds is 1. The van der Waals surface area contributed by atoms with Crippen LogP contribution in [0.25, 0.3) is 11.3 Å². The average molecular weight is 276 g/mol. The van der Waals surface area contributed by atoms with Gasteiger partial charge >= 0.3 is 0 Å². The molecule has 0 fully saturated rings. The Bertz CT molecular complexity index is 578. The summed E-state index contributed by atoms with van der Waals surface area (Å²) >= 11 is 3.41. The van der Waals surface area contributed by atoms with Crippen LogP contribution in [0.2, 0.25) is 0 Å². The third-order valence-electron chi connectivity index (χ3n) is 2.52. The molecule has 0 bridgehead atoms. The zero-order valence-electron chi connectivity index (χ0n) is 9.03. The van der Waals surface area contributed by atoms with E-state index in [1.165, 1.54) is 0 Å². The lowest BCUT2D eigenvalue weighted by molar-refractivity contribution is 0.845. The van der Waals surface area contributed by atoms with Gasteiger partial charge in [0, 0.05) is 17.1 Å². The number of nitriles is 1. The standard InChI is InChI=1S/C12H10BrN3/c1-8-15-12(11(7-14)16(8)2)9-4-3-5-10(13)6-9/h3-6H,1-2H3. The van der Waals surface area contributed by atoms with E-state index in [4.69, 9.17) is 5.26 Å². The average Bonchev–Trinajstić information content (AvgIpc) is 2.55. The SMILES string of the molecule is Cc1nc(-c2cccc(Br)c2)c(C#N)n1C. The van der Waals surface area contributed by atoms with E-state index in [1.54, 1.807) is 4.57 Å². The summed E-state index contributed by atoms with van der Waals surface area (Å²) in [6.07, 6.45) is 0. The number of aromatic nitrogens is 2. The predicted octanol–water partition coefficient (Wildman–Crippen LogP) is 3.03. The van der Waals surface area contributed by atoms with Gasteiger partial charge in [0.2, 0.25) is 0 Å². The van der Waals surface area contributed by atoms with Crippen LogP contribution in [-0.2, 0) is 7.05 Å². The van der Waals surface area contributed by atoms with Gasteiger partial charge in [-0.05, 0) is 19.1 Å². The maximum absolute atomic E-state index is 9.12. The monoisotopic (exact) mass is 275 g/mol. The Morgan fingerprint density at radius 1 is 1.44 bits per heavy atom. The summed E-state index contributed by atoms with van der Waals surface area (Å²) in [6.45, 7) is 1.89. The quantitative estimate of drug-likeness (QED) is 0.803. The predicted molar refractivity (Wildman–Crippen MR) is 65.8 cm³/mol. The molecule has 0 radical (unpaired) electrons. The van der Waals surface area contributed by atoms with Crippen LogP contribution in [-0.4, -0.2) is 9.55 Å². The molecule has 0 aliphatic rings. The van der Waals surface area contributed by atoms with Gasteiger partial charge in [-0.2, -0.15) is 5.26 Å². The van der Waals surface area contributed by atoms with Crippen molar-refractivity contribution in [2.75, 3.05) is 0 Å². The first-order chi connectivity index (χ1) is 7.63. The Hall–Kier alpha value is -1.60. The van der Waals surface area contributed by atoms with E-state index < -0.39 is 0 Å². The van der Waals surface area contributed by atoms with Crippen molar-refractivity contribution in [2.24, 2.45) is 7.05 Å². The van der Waals surface area contributed by atoms with E-state index in [0.29, 0.717) is 5.69 Å². The van der Waals surface area contributed by atoms with E-state index in [2.05, 4.69) is 27.0 Å². The Morgan fingerprint density at radius 3 is 2.81 bits per heavy atom. The molecule has 0 saturated carbocycles. The summed E-state index contributed by atoms with van der Waals surface area (Å²) in [5.41, 5.74) is 2.29. The molecule has 80 valence electrons. The molecular formula is C12H10BrN3. The number of imidazole rings is 1. The van der Waals surface area contributed by atoms with E-state index in [-0.39, 0.29) is 0 Å². The van der Waals surface area contributed by atoms with Crippen molar-refractivity contribution in [1.29, 1.82) is 5.26 Å². The third-order valence-corrected chi connectivity index (χ3v) is 3.02.